The highest BCUT2D eigenvalue weighted by molar-refractivity contribution is 7.98. The molecule has 0 aliphatic rings. The molecule has 0 unspecified atom stereocenters. The fraction of sp³-hybridized carbons (Fsp3) is 0.389. The molecule has 0 saturated heterocycles. The van der Waals surface area contributed by atoms with Gasteiger partial charge < -0.3 is 9.30 Å². The maximum absolute atomic E-state index is 12.5. The number of halogens is 3. The molecule has 3 nitrogen and oxygen atoms in total. The van der Waals surface area contributed by atoms with Crippen molar-refractivity contribution < 1.29 is 17.9 Å². The van der Waals surface area contributed by atoms with Crippen molar-refractivity contribution in [3.63, 3.8) is 0 Å². The summed E-state index contributed by atoms with van der Waals surface area (Å²) in [6, 6.07) is 6.84. The maximum Gasteiger partial charge on any atom is 0.422 e. The predicted molar refractivity (Wildman–Crippen MR) is 95.2 cm³/mol. The Morgan fingerprint density at radius 1 is 1.24 bits per heavy atom. The second-order valence-electron chi connectivity index (χ2n) is 5.70. The molecule has 0 spiro atoms. The Morgan fingerprint density at radius 3 is 2.56 bits per heavy atom. The van der Waals surface area contributed by atoms with Gasteiger partial charge in [0.1, 0.15) is 5.75 Å². The van der Waals surface area contributed by atoms with Gasteiger partial charge in [0.2, 0.25) is 0 Å². The van der Waals surface area contributed by atoms with Crippen LogP contribution in [-0.2, 0) is 12.8 Å². The van der Waals surface area contributed by atoms with Crippen LogP contribution in [0.25, 0.3) is 11.1 Å². The Bertz CT molecular complexity index is 774. The van der Waals surface area contributed by atoms with Crippen LogP contribution >= 0.6 is 11.8 Å². The molecule has 1 aromatic heterocycles. The zero-order valence-electron chi connectivity index (χ0n) is 14.3. The minimum atomic E-state index is -4.41. The van der Waals surface area contributed by atoms with Crippen molar-refractivity contribution in [1.82, 2.24) is 4.57 Å². The fourth-order valence-electron chi connectivity index (χ4n) is 2.42. The molecule has 0 radical (unpaired) electrons. The Balaban J connectivity index is 2.48. The normalized spacial score (nSPS) is 11.6. The van der Waals surface area contributed by atoms with Gasteiger partial charge in [-0.05, 0) is 36.4 Å². The van der Waals surface area contributed by atoms with Gasteiger partial charge >= 0.3 is 6.18 Å². The topological polar surface area (TPSA) is 31.2 Å². The molecule has 25 heavy (non-hydrogen) atoms. The van der Waals surface area contributed by atoms with E-state index in [0.717, 1.165) is 17.1 Å². The highest BCUT2D eigenvalue weighted by Crippen LogP contribution is 2.33. The van der Waals surface area contributed by atoms with Crippen molar-refractivity contribution in [2.24, 2.45) is 7.05 Å². The fourth-order valence-corrected chi connectivity index (χ4v) is 3.04. The number of pyridine rings is 1. The third-order valence-electron chi connectivity index (χ3n) is 3.58. The van der Waals surface area contributed by atoms with E-state index in [1.165, 1.54) is 4.57 Å². The summed E-state index contributed by atoms with van der Waals surface area (Å²) in [6.07, 6.45) is -2.80. The van der Waals surface area contributed by atoms with Gasteiger partial charge in [0.05, 0.1) is 0 Å². The average Bonchev–Trinajstić information content (AvgIpc) is 2.55. The molecule has 0 bridgehead atoms. The summed E-state index contributed by atoms with van der Waals surface area (Å²) in [4.78, 5) is 11.9. The first-order chi connectivity index (χ1) is 11.7. The molecular weight excluding hydrogens is 351 g/mol. The molecule has 0 aliphatic heterocycles. The largest absolute Gasteiger partial charge is 0.483 e. The van der Waals surface area contributed by atoms with Crippen LogP contribution in [0.1, 0.15) is 18.1 Å². The van der Waals surface area contributed by atoms with E-state index in [4.69, 9.17) is 4.74 Å². The number of aryl methyl sites for hydroxylation is 2. The zero-order chi connectivity index (χ0) is 18.6. The van der Waals surface area contributed by atoms with Gasteiger partial charge in [-0.25, -0.2) is 0 Å². The number of nitrogens with zero attached hydrogens (tertiary/aromatic N) is 1. The predicted octanol–water partition coefficient (Wildman–Crippen LogP) is 4.55. The summed E-state index contributed by atoms with van der Waals surface area (Å²) in [5.41, 5.74) is 2.58. The van der Waals surface area contributed by atoms with E-state index >= 15 is 0 Å². The lowest BCUT2D eigenvalue weighted by Gasteiger charge is -2.16. The molecule has 0 saturated carbocycles. The van der Waals surface area contributed by atoms with E-state index in [0.29, 0.717) is 16.7 Å². The van der Waals surface area contributed by atoms with Crippen LogP contribution in [0.15, 0.2) is 35.3 Å². The summed E-state index contributed by atoms with van der Waals surface area (Å²) >= 11 is 1.72. The van der Waals surface area contributed by atoms with Crippen molar-refractivity contribution in [2.75, 3.05) is 12.4 Å². The Kier molecular flexibility index (Phi) is 6.21. The van der Waals surface area contributed by atoms with Crippen LogP contribution in [-0.4, -0.2) is 23.1 Å². The molecule has 0 aliphatic carbocycles. The third kappa shape index (κ3) is 5.29. The minimum Gasteiger partial charge on any atom is -0.483 e. The van der Waals surface area contributed by atoms with E-state index in [1.807, 2.05) is 13.0 Å². The van der Waals surface area contributed by atoms with Gasteiger partial charge in [-0.2, -0.15) is 24.9 Å². The van der Waals surface area contributed by atoms with E-state index in [-0.39, 0.29) is 11.3 Å². The number of hydrogen-bond donors (Lipinski definition) is 0. The number of alkyl halides is 3. The number of rotatable bonds is 6. The average molecular weight is 371 g/mol. The SMILES string of the molecule is CCSCc1ccc(OCC(F)(F)F)c(-c2cc(C)c(=O)n(C)c2)c1. The highest BCUT2D eigenvalue weighted by atomic mass is 32.2. The van der Waals surface area contributed by atoms with Crippen molar-refractivity contribution in [3.8, 4) is 16.9 Å². The second kappa shape index (κ2) is 7.99. The third-order valence-corrected chi connectivity index (χ3v) is 4.53. The number of thioether (sulfide) groups is 1. The van der Waals surface area contributed by atoms with Crippen molar-refractivity contribution in [3.05, 3.63) is 51.9 Å². The molecule has 1 heterocycles. The Hall–Kier alpha value is -1.89. The minimum absolute atomic E-state index is 0.140. The van der Waals surface area contributed by atoms with Crippen molar-refractivity contribution in [2.45, 2.75) is 25.8 Å². The Labute approximate surface area is 148 Å². The molecule has 2 rings (SSSR count). The lowest BCUT2D eigenvalue weighted by atomic mass is 10.0. The summed E-state index contributed by atoms with van der Waals surface area (Å²) in [7, 11) is 1.62. The van der Waals surface area contributed by atoms with Gasteiger partial charge in [0, 0.05) is 35.7 Å². The van der Waals surface area contributed by atoms with E-state index < -0.39 is 12.8 Å². The first-order valence-electron chi connectivity index (χ1n) is 7.79. The van der Waals surface area contributed by atoms with E-state index in [9.17, 15) is 18.0 Å². The maximum atomic E-state index is 12.5. The number of aromatic nitrogens is 1. The quantitative estimate of drug-likeness (QED) is 0.746. The molecule has 136 valence electrons. The lowest BCUT2D eigenvalue weighted by molar-refractivity contribution is -0.153. The summed E-state index contributed by atoms with van der Waals surface area (Å²) in [5, 5.41) is 0. The number of benzene rings is 1. The molecule has 0 fully saturated rings. The van der Waals surface area contributed by atoms with Crippen LogP contribution in [0.5, 0.6) is 5.75 Å². The molecule has 0 atom stereocenters. The van der Waals surface area contributed by atoms with Gasteiger partial charge in [-0.1, -0.05) is 13.0 Å². The molecule has 2 aromatic rings. The van der Waals surface area contributed by atoms with Gasteiger partial charge in [-0.15, -0.1) is 0 Å². The van der Waals surface area contributed by atoms with Crippen LogP contribution in [0.2, 0.25) is 0 Å². The van der Waals surface area contributed by atoms with Gasteiger partial charge in [-0.3, -0.25) is 4.79 Å². The molecule has 7 heteroatoms. The van der Waals surface area contributed by atoms with Gasteiger partial charge in [0.15, 0.2) is 6.61 Å². The van der Waals surface area contributed by atoms with Crippen LogP contribution in [0, 0.1) is 6.92 Å². The number of ether oxygens (including phenoxy) is 1. The lowest BCUT2D eigenvalue weighted by Crippen LogP contribution is -2.20. The molecule has 1 aromatic carbocycles. The zero-order valence-corrected chi connectivity index (χ0v) is 15.1. The van der Waals surface area contributed by atoms with Crippen molar-refractivity contribution >= 4 is 11.8 Å². The molecule has 0 N–H and O–H groups in total. The first-order valence-corrected chi connectivity index (χ1v) is 8.94. The van der Waals surface area contributed by atoms with Crippen LogP contribution in [0.4, 0.5) is 13.2 Å². The van der Waals surface area contributed by atoms with E-state index in [2.05, 4.69) is 0 Å². The van der Waals surface area contributed by atoms with E-state index in [1.54, 1.807) is 50.1 Å². The van der Waals surface area contributed by atoms with Crippen LogP contribution in [0.3, 0.4) is 0 Å². The summed E-state index contributed by atoms with van der Waals surface area (Å²) in [5.74, 6) is 1.86. The summed E-state index contributed by atoms with van der Waals surface area (Å²) < 4.78 is 44.0. The standard InChI is InChI=1S/C18H20F3NO2S/c1-4-25-10-13-5-6-16(24-11-18(19,20)21)15(8-13)14-7-12(2)17(23)22(3)9-14/h5-9H,4,10-11H2,1-3H3. The Morgan fingerprint density at radius 2 is 1.96 bits per heavy atom. The monoisotopic (exact) mass is 371 g/mol. The van der Waals surface area contributed by atoms with Crippen molar-refractivity contribution in [1.29, 1.82) is 0 Å². The summed E-state index contributed by atoms with van der Waals surface area (Å²) in [6.45, 7) is 2.37. The van der Waals surface area contributed by atoms with Gasteiger partial charge in [0.25, 0.3) is 5.56 Å². The second-order valence-corrected chi connectivity index (χ2v) is 6.97. The van der Waals surface area contributed by atoms with Crippen LogP contribution < -0.4 is 10.3 Å². The molecular formula is C18H20F3NO2S. The highest BCUT2D eigenvalue weighted by Gasteiger charge is 2.29. The number of hydrogen-bond acceptors (Lipinski definition) is 3. The molecule has 0 amide bonds. The smallest absolute Gasteiger partial charge is 0.422 e. The first kappa shape index (κ1) is 19.4.